The van der Waals surface area contributed by atoms with Gasteiger partial charge in [0.2, 0.25) is 0 Å². The number of anilines is 1. The summed E-state index contributed by atoms with van der Waals surface area (Å²) in [4.78, 5) is 10.5. The van der Waals surface area contributed by atoms with Gasteiger partial charge in [-0.25, -0.2) is 0 Å². The van der Waals surface area contributed by atoms with Gasteiger partial charge in [0, 0.05) is 34.4 Å². The molecule has 0 aliphatic carbocycles. The predicted molar refractivity (Wildman–Crippen MR) is 82.2 cm³/mol. The van der Waals surface area contributed by atoms with Crippen LogP contribution in [0, 0.1) is 17.0 Å². The molecule has 1 fully saturated rings. The monoisotopic (exact) mass is 342 g/mol. The molecule has 2 rings (SSSR count). The van der Waals surface area contributed by atoms with Gasteiger partial charge in [-0.3, -0.25) is 10.1 Å². The fourth-order valence-electron chi connectivity index (χ4n) is 2.55. The molecule has 6 heteroatoms. The quantitative estimate of drug-likeness (QED) is 0.665. The molecule has 0 bridgehead atoms. The highest BCUT2D eigenvalue weighted by Crippen LogP contribution is 2.33. The first-order valence-electron chi connectivity index (χ1n) is 6.63. The topological polar surface area (TPSA) is 64.4 Å². The van der Waals surface area contributed by atoms with Gasteiger partial charge in [0.25, 0.3) is 5.69 Å². The molecular formula is C14H19BrN2O3. The van der Waals surface area contributed by atoms with Gasteiger partial charge in [-0.1, -0.05) is 0 Å². The highest BCUT2D eigenvalue weighted by Gasteiger charge is 2.29. The van der Waals surface area contributed by atoms with E-state index in [0.29, 0.717) is 11.6 Å². The Morgan fingerprint density at radius 1 is 1.50 bits per heavy atom. The van der Waals surface area contributed by atoms with Crippen LogP contribution in [0.15, 0.2) is 16.6 Å². The van der Waals surface area contributed by atoms with Crippen LogP contribution in [0.25, 0.3) is 0 Å². The number of hydrogen-bond donors (Lipinski definition) is 1. The summed E-state index contributed by atoms with van der Waals surface area (Å²) < 4.78 is 6.42. The minimum absolute atomic E-state index is 0.127. The second kappa shape index (κ2) is 5.69. The summed E-state index contributed by atoms with van der Waals surface area (Å²) in [7, 11) is 0. The molecule has 1 saturated heterocycles. The highest BCUT2D eigenvalue weighted by molar-refractivity contribution is 9.10. The minimum Gasteiger partial charge on any atom is -0.381 e. The van der Waals surface area contributed by atoms with Crippen molar-refractivity contribution in [3.63, 3.8) is 0 Å². The number of ether oxygens (including phenoxy) is 1. The molecule has 1 unspecified atom stereocenters. The molecule has 1 N–H and O–H groups in total. The van der Waals surface area contributed by atoms with E-state index in [9.17, 15) is 10.1 Å². The summed E-state index contributed by atoms with van der Waals surface area (Å²) in [6.45, 7) is 6.64. The molecule has 0 spiro atoms. The SMILES string of the molecule is Cc1cc(NC2CCOC(C)(C)C2)c(Br)cc1[N+](=O)[O-]. The van der Waals surface area contributed by atoms with Crippen molar-refractivity contribution < 1.29 is 9.66 Å². The highest BCUT2D eigenvalue weighted by atomic mass is 79.9. The maximum Gasteiger partial charge on any atom is 0.273 e. The average Bonchev–Trinajstić information content (AvgIpc) is 2.31. The van der Waals surface area contributed by atoms with Crippen molar-refractivity contribution in [3.05, 3.63) is 32.3 Å². The minimum atomic E-state index is -0.360. The zero-order valence-corrected chi connectivity index (χ0v) is 13.5. The summed E-state index contributed by atoms with van der Waals surface area (Å²) in [5, 5.41) is 14.4. The summed E-state index contributed by atoms with van der Waals surface area (Å²) in [6.07, 6.45) is 1.85. The van der Waals surface area contributed by atoms with Crippen molar-refractivity contribution in [1.82, 2.24) is 0 Å². The number of nitrogens with one attached hydrogen (secondary N) is 1. The normalized spacial score (nSPS) is 21.5. The van der Waals surface area contributed by atoms with Crippen molar-refractivity contribution in [2.45, 2.75) is 45.3 Å². The van der Waals surface area contributed by atoms with E-state index in [1.54, 1.807) is 13.0 Å². The summed E-state index contributed by atoms with van der Waals surface area (Å²) in [5.41, 5.74) is 1.57. The van der Waals surface area contributed by atoms with E-state index in [0.717, 1.165) is 29.6 Å². The van der Waals surface area contributed by atoms with Crippen LogP contribution in [0.3, 0.4) is 0 Å². The molecule has 110 valence electrons. The number of nitro groups is 1. The van der Waals surface area contributed by atoms with Gasteiger partial charge in [0.05, 0.1) is 10.5 Å². The van der Waals surface area contributed by atoms with E-state index in [1.807, 2.05) is 6.07 Å². The van der Waals surface area contributed by atoms with Gasteiger partial charge in [-0.15, -0.1) is 0 Å². The number of benzene rings is 1. The van der Waals surface area contributed by atoms with Crippen LogP contribution >= 0.6 is 15.9 Å². The van der Waals surface area contributed by atoms with Crippen LogP contribution in [0.4, 0.5) is 11.4 Å². The van der Waals surface area contributed by atoms with Crippen molar-refractivity contribution >= 4 is 27.3 Å². The first-order valence-corrected chi connectivity index (χ1v) is 7.43. The van der Waals surface area contributed by atoms with Crippen LogP contribution in [-0.4, -0.2) is 23.2 Å². The standard InChI is InChI=1S/C14H19BrN2O3/c1-9-6-12(11(15)7-13(9)17(18)19)16-10-4-5-20-14(2,3)8-10/h6-7,10,16H,4-5,8H2,1-3H3. The molecule has 20 heavy (non-hydrogen) atoms. The fraction of sp³-hybridized carbons (Fsp3) is 0.571. The van der Waals surface area contributed by atoms with Gasteiger partial charge in [0.15, 0.2) is 0 Å². The molecule has 1 atom stereocenters. The van der Waals surface area contributed by atoms with E-state index < -0.39 is 0 Å². The van der Waals surface area contributed by atoms with Crippen LogP contribution in [0.5, 0.6) is 0 Å². The molecule has 1 aromatic rings. The molecule has 1 aromatic carbocycles. The van der Waals surface area contributed by atoms with Gasteiger partial charge in [-0.05, 0) is 55.6 Å². The lowest BCUT2D eigenvalue weighted by atomic mass is 9.93. The molecule has 0 amide bonds. The maximum absolute atomic E-state index is 10.9. The second-order valence-electron chi connectivity index (χ2n) is 5.82. The van der Waals surface area contributed by atoms with E-state index in [1.165, 1.54) is 0 Å². The Morgan fingerprint density at radius 3 is 2.80 bits per heavy atom. The number of halogens is 1. The molecule has 0 radical (unpaired) electrons. The van der Waals surface area contributed by atoms with Crippen molar-refractivity contribution in [2.75, 3.05) is 11.9 Å². The largest absolute Gasteiger partial charge is 0.381 e. The molecule has 5 nitrogen and oxygen atoms in total. The average molecular weight is 343 g/mol. The van der Waals surface area contributed by atoms with E-state index in [-0.39, 0.29) is 16.2 Å². The third-order valence-corrected chi connectivity index (χ3v) is 4.20. The lowest BCUT2D eigenvalue weighted by Crippen LogP contribution is -2.40. The second-order valence-corrected chi connectivity index (χ2v) is 6.67. The smallest absolute Gasteiger partial charge is 0.273 e. The Kier molecular flexibility index (Phi) is 4.34. The summed E-state index contributed by atoms with van der Waals surface area (Å²) in [6, 6.07) is 3.70. The van der Waals surface area contributed by atoms with E-state index in [2.05, 4.69) is 35.1 Å². The Hall–Kier alpha value is -1.14. The van der Waals surface area contributed by atoms with Gasteiger partial charge >= 0.3 is 0 Å². The van der Waals surface area contributed by atoms with Crippen molar-refractivity contribution in [3.8, 4) is 0 Å². The Bertz CT molecular complexity index is 531. The molecule has 1 aliphatic rings. The zero-order chi connectivity index (χ0) is 14.9. The van der Waals surface area contributed by atoms with Crippen molar-refractivity contribution in [1.29, 1.82) is 0 Å². The predicted octanol–water partition coefficient (Wildman–Crippen LogP) is 4.04. The van der Waals surface area contributed by atoms with Gasteiger partial charge in [-0.2, -0.15) is 0 Å². The van der Waals surface area contributed by atoms with E-state index in [4.69, 9.17) is 4.74 Å². The van der Waals surface area contributed by atoms with Gasteiger partial charge < -0.3 is 10.1 Å². The molecule has 0 saturated carbocycles. The molecule has 1 aliphatic heterocycles. The number of rotatable bonds is 3. The van der Waals surface area contributed by atoms with Crippen molar-refractivity contribution in [2.24, 2.45) is 0 Å². The van der Waals surface area contributed by atoms with Gasteiger partial charge in [0.1, 0.15) is 0 Å². The Balaban J connectivity index is 2.18. The van der Waals surface area contributed by atoms with Crippen LogP contribution < -0.4 is 5.32 Å². The first-order chi connectivity index (χ1) is 9.28. The third-order valence-electron chi connectivity index (χ3n) is 3.54. The fourth-order valence-corrected chi connectivity index (χ4v) is 3.00. The number of aryl methyl sites for hydroxylation is 1. The molecule has 0 aromatic heterocycles. The number of hydrogen-bond acceptors (Lipinski definition) is 4. The molecular weight excluding hydrogens is 324 g/mol. The first kappa shape index (κ1) is 15.3. The lowest BCUT2D eigenvalue weighted by Gasteiger charge is -2.36. The summed E-state index contributed by atoms with van der Waals surface area (Å²) >= 11 is 3.41. The summed E-state index contributed by atoms with van der Waals surface area (Å²) in [5.74, 6) is 0. The van der Waals surface area contributed by atoms with Crippen LogP contribution in [0.1, 0.15) is 32.3 Å². The number of nitro benzene ring substituents is 1. The van der Waals surface area contributed by atoms with Crippen LogP contribution in [0.2, 0.25) is 0 Å². The Labute approximate surface area is 127 Å². The molecule has 1 heterocycles. The number of nitrogens with zero attached hydrogens (tertiary/aromatic N) is 1. The lowest BCUT2D eigenvalue weighted by molar-refractivity contribution is -0.385. The van der Waals surface area contributed by atoms with E-state index >= 15 is 0 Å². The zero-order valence-electron chi connectivity index (χ0n) is 11.9. The van der Waals surface area contributed by atoms with Crippen LogP contribution in [-0.2, 0) is 4.74 Å². The third kappa shape index (κ3) is 3.49. The Morgan fingerprint density at radius 2 is 2.20 bits per heavy atom. The maximum atomic E-state index is 10.9.